The standard InChI is InChI=1S/C16H26N4O3/c1-5-9-19-11-17-13-12(19)14(21)20(15(22)18(13)4)10-7-6-8-16(2,3)23/h11,23H,5-10H2,1-4H3/i2D3,3T3,4D3,6D2,7D2,8D2,10D2. The van der Waals surface area contributed by atoms with E-state index in [1.165, 1.54) is 0 Å². The summed E-state index contributed by atoms with van der Waals surface area (Å²) in [5.41, 5.74) is -9.84. The molecule has 0 saturated carbocycles. The van der Waals surface area contributed by atoms with Gasteiger partial charge in [0.1, 0.15) is 0 Å². The van der Waals surface area contributed by atoms with Gasteiger partial charge in [-0.05, 0) is 39.2 Å². The quantitative estimate of drug-likeness (QED) is 0.821. The van der Waals surface area contributed by atoms with Crippen molar-refractivity contribution >= 4 is 11.2 Å². The van der Waals surface area contributed by atoms with Gasteiger partial charge in [0.15, 0.2) is 11.2 Å². The summed E-state index contributed by atoms with van der Waals surface area (Å²) in [6.45, 7) is -14.7. The number of aromatic nitrogens is 4. The second-order valence-electron chi connectivity index (χ2n) is 4.57. The van der Waals surface area contributed by atoms with Gasteiger partial charge in [0.2, 0.25) is 0 Å². The van der Waals surface area contributed by atoms with E-state index in [1.54, 1.807) is 6.92 Å². The van der Waals surface area contributed by atoms with E-state index in [0.717, 1.165) is 10.9 Å². The highest BCUT2D eigenvalue weighted by molar-refractivity contribution is 5.69. The Labute approximate surface area is 159 Å². The van der Waals surface area contributed by atoms with Gasteiger partial charge in [-0.15, -0.1) is 0 Å². The Hall–Kier alpha value is -1.89. The minimum atomic E-state index is -4.67. The van der Waals surface area contributed by atoms with Gasteiger partial charge in [0.25, 0.3) is 5.56 Å². The van der Waals surface area contributed by atoms with Crippen LogP contribution in [0.1, 0.15) is 69.5 Å². The van der Waals surface area contributed by atoms with E-state index in [0.29, 0.717) is 6.42 Å². The van der Waals surface area contributed by atoms with Gasteiger partial charge < -0.3 is 9.67 Å². The van der Waals surface area contributed by atoms with Gasteiger partial charge >= 0.3 is 5.69 Å². The van der Waals surface area contributed by atoms with Crippen LogP contribution >= 0.6 is 0 Å². The summed E-state index contributed by atoms with van der Waals surface area (Å²) < 4.78 is 134. The molecule has 0 aliphatic carbocycles. The summed E-state index contributed by atoms with van der Waals surface area (Å²) in [5, 5.41) is 10.7. The molecule has 0 aromatic carbocycles. The van der Waals surface area contributed by atoms with Crippen LogP contribution in [0.5, 0.6) is 0 Å². The van der Waals surface area contributed by atoms with Crippen molar-refractivity contribution < 1.29 is 28.4 Å². The molecule has 2 aromatic heterocycles. The minimum absolute atomic E-state index is 0.0194. The summed E-state index contributed by atoms with van der Waals surface area (Å²) in [6, 6.07) is 0. The zero-order valence-corrected chi connectivity index (χ0v) is 12.0. The number of hydrogen-bond acceptors (Lipinski definition) is 4. The molecule has 1 unspecified atom stereocenters. The number of hydrogen-bond donors (Lipinski definition) is 1. The molecule has 0 aliphatic heterocycles. The molecular formula is C16H26N4O3. The first kappa shape index (κ1) is 5.58. The predicted molar refractivity (Wildman–Crippen MR) is 89.7 cm³/mol. The fraction of sp³-hybridized carbons (Fsp3) is 0.688. The average Bonchev–Trinajstić information content (AvgIpc) is 3.13. The van der Waals surface area contributed by atoms with Gasteiger partial charge in [-0.1, -0.05) is 6.92 Å². The summed E-state index contributed by atoms with van der Waals surface area (Å²) in [7, 11) is 0. The number of imidazole rings is 1. The van der Waals surface area contributed by atoms with Crippen molar-refractivity contribution in [3.63, 3.8) is 0 Å². The largest absolute Gasteiger partial charge is 0.390 e. The Morgan fingerprint density at radius 1 is 1.52 bits per heavy atom. The van der Waals surface area contributed by atoms with Gasteiger partial charge in [-0.3, -0.25) is 13.9 Å². The number of aryl methyl sites for hydroxylation is 2. The lowest BCUT2D eigenvalue weighted by Crippen LogP contribution is -2.39. The Balaban J connectivity index is 3.08. The summed E-state index contributed by atoms with van der Waals surface area (Å²) in [5.74, 6) is 0. The molecule has 128 valence electrons. The fourth-order valence-corrected chi connectivity index (χ4v) is 1.85. The van der Waals surface area contributed by atoms with E-state index in [4.69, 9.17) is 23.3 Å². The average molecular weight is 343 g/mol. The second-order valence-corrected chi connectivity index (χ2v) is 4.57. The molecule has 1 atom stereocenters. The van der Waals surface area contributed by atoms with Crippen LogP contribution in [0.25, 0.3) is 11.2 Å². The Kier molecular flexibility index (Phi) is 1.63. The highest BCUT2D eigenvalue weighted by atomic mass is 16.3. The van der Waals surface area contributed by atoms with Crippen molar-refractivity contribution in [2.75, 3.05) is 0 Å². The Morgan fingerprint density at radius 3 is 3.00 bits per heavy atom. The zero-order valence-electron chi connectivity index (χ0n) is 29.0. The van der Waals surface area contributed by atoms with E-state index in [-0.39, 0.29) is 11.1 Å². The molecule has 2 aromatic rings. The molecule has 0 fully saturated rings. The highest BCUT2D eigenvalue weighted by Crippen LogP contribution is 2.12. The van der Waals surface area contributed by atoms with E-state index >= 15 is 0 Å². The van der Waals surface area contributed by atoms with Crippen LogP contribution in [0.2, 0.25) is 0 Å². The van der Waals surface area contributed by atoms with Crippen molar-refractivity contribution in [3.8, 4) is 0 Å². The van der Waals surface area contributed by atoms with Gasteiger partial charge in [0.05, 0.1) is 14.7 Å². The van der Waals surface area contributed by atoms with Crippen molar-refractivity contribution in [2.24, 2.45) is 6.98 Å². The first-order valence-electron chi connectivity index (χ1n) is 15.0. The summed E-state index contributed by atoms with van der Waals surface area (Å²) in [4.78, 5) is 30.4. The topological polar surface area (TPSA) is 82.0 Å². The lowest BCUT2D eigenvalue weighted by molar-refractivity contribution is 0.0678. The number of fused-ring (bicyclic) bond motifs is 1. The fourth-order valence-electron chi connectivity index (χ4n) is 1.85. The van der Waals surface area contributed by atoms with E-state index < -0.39 is 78.9 Å². The predicted octanol–water partition coefficient (Wildman–Crippen LogP) is 1.25. The van der Waals surface area contributed by atoms with Crippen molar-refractivity contribution in [3.05, 3.63) is 27.2 Å². The first-order valence-corrected chi connectivity index (χ1v) is 6.46. The molecule has 0 radical (unpaired) electrons. The van der Waals surface area contributed by atoms with Crippen molar-refractivity contribution in [1.29, 1.82) is 0 Å². The van der Waals surface area contributed by atoms with Crippen LogP contribution in [0, 0.1) is 0 Å². The van der Waals surface area contributed by atoms with E-state index in [9.17, 15) is 14.7 Å². The summed E-state index contributed by atoms with van der Waals surface area (Å²) >= 11 is 0. The maximum Gasteiger partial charge on any atom is 0.332 e. The minimum Gasteiger partial charge on any atom is -0.390 e. The molecule has 23 heavy (non-hydrogen) atoms. The van der Waals surface area contributed by atoms with E-state index in [2.05, 4.69) is 4.98 Å². The van der Waals surface area contributed by atoms with Gasteiger partial charge in [0, 0.05) is 40.6 Å². The Bertz CT molecular complexity index is 1380. The lowest BCUT2D eigenvalue weighted by atomic mass is 10.0. The van der Waals surface area contributed by atoms with Crippen LogP contribution in [0.3, 0.4) is 0 Å². The molecule has 0 spiro atoms. The zero-order chi connectivity index (χ0) is 31.9. The molecule has 7 heteroatoms. The maximum atomic E-state index is 13.4. The molecule has 1 N–H and O–H groups in total. The second kappa shape index (κ2) is 6.70. The van der Waals surface area contributed by atoms with Crippen molar-refractivity contribution in [1.82, 2.24) is 18.7 Å². The monoisotopic (exact) mass is 342 g/mol. The smallest absolute Gasteiger partial charge is 0.332 e. The number of aliphatic hydroxyl groups is 1. The normalized spacial score (nSPS) is 29.4. The third-order valence-electron chi connectivity index (χ3n) is 2.76. The molecule has 7 nitrogen and oxygen atoms in total. The van der Waals surface area contributed by atoms with Crippen LogP contribution in [-0.2, 0) is 20.0 Å². The number of rotatable bonds is 7. The SMILES string of the molecule is [2H]C([2H])([2H])n1c(=O)n(C([2H])([2H])C([2H])([2H])C([2H])([2H])C([2H])([2H])C(O)(C([2H])([2H])[2H])C([3H])([3H])[3H])c(=O)c2c1ncn2CCC. The van der Waals surface area contributed by atoms with Crippen LogP contribution in [0.4, 0.5) is 0 Å². The third kappa shape index (κ3) is 3.72. The molecule has 0 saturated heterocycles. The molecule has 2 heterocycles. The van der Waals surface area contributed by atoms with Gasteiger partial charge in [-0.25, -0.2) is 9.78 Å². The highest BCUT2D eigenvalue weighted by Gasteiger charge is 2.16. The molecule has 2 rings (SSSR count). The van der Waals surface area contributed by atoms with Crippen molar-refractivity contribution in [2.45, 2.75) is 64.8 Å². The van der Waals surface area contributed by atoms with Crippen LogP contribution < -0.4 is 11.2 Å². The first-order chi connectivity index (χ1) is 17.5. The van der Waals surface area contributed by atoms with E-state index in [1.807, 2.05) is 0 Å². The summed E-state index contributed by atoms with van der Waals surface area (Å²) in [6.07, 6.45) is -12.6. The maximum absolute atomic E-state index is 13.4. The van der Waals surface area contributed by atoms with Crippen LogP contribution in [-0.4, -0.2) is 29.4 Å². The lowest BCUT2D eigenvalue weighted by Gasteiger charge is -2.16. The molecule has 0 aliphatic rings. The molecular weight excluding hydrogens is 296 g/mol. The Morgan fingerprint density at radius 2 is 2.35 bits per heavy atom. The molecule has 0 bridgehead atoms. The van der Waals surface area contributed by atoms with Gasteiger partial charge in [-0.2, -0.15) is 0 Å². The molecule has 0 amide bonds. The third-order valence-corrected chi connectivity index (χ3v) is 2.76. The number of nitrogens with zero attached hydrogens (tertiary/aromatic N) is 4. The van der Waals surface area contributed by atoms with Crippen LogP contribution in [0.15, 0.2) is 15.9 Å².